The minimum Gasteiger partial charge on any atom is -0.303 e. The maximum absolute atomic E-state index is 11.8. The summed E-state index contributed by atoms with van der Waals surface area (Å²) in [6, 6.07) is 0. The topological polar surface area (TPSA) is 34.1 Å². The molecule has 22 heavy (non-hydrogen) atoms. The number of allylic oxidation sites excluding steroid dienone is 2. The van der Waals surface area contributed by atoms with Crippen molar-refractivity contribution in [3.63, 3.8) is 0 Å². The van der Waals surface area contributed by atoms with Crippen molar-refractivity contribution >= 4 is 12.6 Å². The van der Waals surface area contributed by atoms with Crippen molar-refractivity contribution in [2.24, 2.45) is 34.0 Å². The Hall–Kier alpha value is -0.920. The van der Waals surface area contributed by atoms with E-state index in [0.717, 1.165) is 36.9 Å². The first kappa shape index (κ1) is 16.0. The quantitative estimate of drug-likeness (QED) is 0.700. The van der Waals surface area contributed by atoms with Crippen LogP contribution >= 0.6 is 0 Å². The zero-order valence-corrected chi connectivity index (χ0v) is 14.5. The van der Waals surface area contributed by atoms with Crippen LogP contribution < -0.4 is 0 Å². The van der Waals surface area contributed by atoms with Crippen molar-refractivity contribution in [3.8, 4) is 0 Å². The Morgan fingerprint density at radius 2 is 1.73 bits per heavy atom. The molecule has 0 amide bonds. The molecule has 0 bridgehead atoms. The molecule has 0 heterocycles. The lowest BCUT2D eigenvalue weighted by molar-refractivity contribution is -0.151. The molecule has 0 aromatic rings. The Bertz CT molecular complexity index is 518. The SMILES string of the molecule is CC1(C)CCC[C@]2(C)[C@@H]3CC=C(C=O)[C@@H](C=O)[C@]3(C)CC[C@H]12. The van der Waals surface area contributed by atoms with Gasteiger partial charge in [0.2, 0.25) is 0 Å². The van der Waals surface area contributed by atoms with Crippen molar-refractivity contribution in [3.05, 3.63) is 11.6 Å². The van der Waals surface area contributed by atoms with Crippen LogP contribution in [-0.4, -0.2) is 12.6 Å². The predicted molar refractivity (Wildman–Crippen MR) is 88.4 cm³/mol. The molecule has 0 aromatic heterocycles. The van der Waals surface area contributed by atoms with Crippen molar-refractivity contribution in [2.75, 3.05) is 0 Å². The summed E-state index contributed by atoms with van der Waals surface area (Å²) in [5, 5.41) is 0. The van der Waals surface area contributed by atoms with Crippen LogP contribution in [0.15, 0.2) is 11.6 Å². The van der Waals surface area contributed by atoms with Gasteiger partial charge < -0.3 is 4.79 Å². The van der Waals surface area contributed by atoms with E-state index in [1.54, 1.807) is 0 Å². The highest BCUT2D eigenvalue weighted by atomic mass is 16.1. The molecule has 0 spiro atoms. The third-order valence-electron chi connectivity index (χ3n) is 7.77. The normalized spacial score (nSPS) is 46.9. The minimum absolute atomic E-state index is 0.0363. The molecule has 0 radical (unpaired) electrons. The Kier molecular flexibility index (Phi) is 3.66. The average molecular weight is 302 g/mol. The van der Waals surface area contributed by atoms with Crippen molar-refractivity contribution in [1.29, 1.82) is 0 Å². The van der Waals surface area contributed by atoms with E-state index >= 15 is 0 Å². The summed E-state index contributed by atoms with van der Waals surface area (Å²) in [5.74, 6) is 1.06. The standard InChI is InChI=1S/C20H30O2/c1-18(2)9-5-10-20(4)16(18)8-11-19(3)15(13-22)14(12-21)6-7-17(19)20/h6,12-13,15-17H,5,7-11H2,1-4H3/t15-,16-,17-,19+,20+/m1/s1. The molecule has 2 fully saturated rings. The van der Waals surface area contributed by atoms with E-state index in [1.165, 1.54) is 25.7 Å². The molecule has 0 unspecified atom stereocenters. The first-order chi connectivity index (χ1) is 10.3. The first-order valence-corrected chi connectivity index (χ1v) is 8.90. The molecule has 3 aliphatic carbocycles. The second kappa shape index (κ2) is 5.04. The summed E-state index contributed by atoms with van der Waals surface area (Å²) < 4.78 is 0. The largest absolute Gasteiger partial charge is 0.303 e. The smallest absolute Gasteiger partial charge is 0.146 e. The molecule has 5 atom stereocenters. The van der Waals surface area contributed by atoms with Crippen LogP contribution in [0, 0.1) is 34.0 Å². The minimum atomic E-state index is -0.202. The molecule has 2 saturated carbocycles. The van der Waals surface area contributed by atoms with Gasteiger partial charge in [-0.25, -0.2) is 0 Å². The summed E-state index contributed by atoms with van der Waals surface area (Å²) in [6.45, 7) is 9.62. The van der Waals surface area contributed by atoms with Crippen LogP contribution in [0.5, 0.6) is 0 Å². The highest BCUT2D eigenvalue weighted by Crippen LogP contribution is 2.67. The number of fused-ring (bicyclic) bond motifs is 3. The van der Waals surface area contributed by atoms with Gasteiger partial charge in [0.25, 0.3) is 0 Å². The van der Waals surface area contributed by atoms with E-state index in [1.807, 2.05) is 0 Å². The molecular formula is C20H30O2. The highest BCUT2D eigenvalue weighted by molar-refractivity contribution is 5.82. The molecule has 2 nitrogen and oxygen atoms in total. The van der Waals surface area contributed by atoms with Gasteiger partial charge in [-0.15, -0.1) is 0 Å². The molecular weight excluding hydrogens is 272 g/mol. The van der Waals surface area contributed by atoms with Gasteiger partial charge in [0.15, 0.2) is 0 Å². The van der Waals surface area contributed by atoms with Gasteiger partial charge >= 0.3 is 0 Å². The molecule has 0 aliphatic heterocycles. The van der Waals surface area contributed by atoms with Crippen molar-refractivity contribution in [2.45, 2.75) is 66.2 Å². The number of aldehydes is 2. The van der Waals surface area contributed by atoms with E-state index in [-0.39, 0.29) is 11.3 Å². The molecule has 3 rings (SSSR count). The van der Waals surface area contributed by atoms with Crippen LogP contribution in [-0.2, 0) is 9.59 Å². The number of rotatable bonds is 2. The number of hydrogen-bond donors (Lipinski definition) is 0. The van der Waals surface area contributed by atoms with Crippen LogP contribution in [0.4, 0.5) is 0 Å². The third kappa shape index (κ3) is 1.98. The molecule has 0 saturated heterocycles. The van der Waals surface area contributed by atoms with E-state index in [4.69, 9.17) is 0 Å². The first-order valence-electron chi connectivity index (χ1n) is 8.90. The highest BCUT2D eigenvalue weighted by Gasteiger charge is 2.60. The van der Waals surface area contributed by atoms with E-state index in [9.17, 15) is 9.59 Å². The zero-order valence-electron chi connectivity index (χ0n) is 14.5. The lowest BCUT2D eigenvalue weighted by Crippen LogP contribution is -2.58. The number of carbonyl (C=O) groups excluding carboxylic acids is 2. The van der Waals surface area contributed by atoms with Gasteiger partial charge in [-0.05, 0) is 65.8 Å². The number of carbonyl (C=O) groups is 2. The maximum Gasteiger partial charge on any atom is 0.146 e. The molecule has 2 heteroatoms. The van der Waals surface area contributed by atoms with Gasteiger partial charge in [0, 0.05) is 5.92 Å². The fourth-order valence-corrected chi connectivity index (χ4v) is 6.71. The molecule has 3 aliphatic rings. The van der Waals surface area contributed by atoms with Crippen molar-refractivity contribution in [1.82, 2.24) is 0 Å². The Balaban J connectivity index is 2.06. The zero-order chi connectivity index (χ0) is 16.2. The van der Waals surface area contributed by atoms with Crippen LogP contribution in [0.2, 0.25) is 0 Å². The molecule has 0 aromatic carbocycles. The number of hydrogen-bond acceptors (Lipinski definition) is 2. The summed E-state index contributed by atoms with van der Waals surface area (Å²) in [4.78, 5) is 23.2. The fourth-order valence-electron chi connectivity index (χ4n) is 6.71. The average Bonchev–Trinajstić information content (AvgIpc) is 2.44. The lowest BCUT2D eigenvalue weighted by atomic mass is 9.40. The maximum atomic E-state index is 11.8. The van der Waals surface area contributed by atoms with Crippen molar-refractivity contribution < 1.29 is 9.59 Å². The second-order valence-electron chi connectivity index (χ2n) is 9.17. The van der Waals surface area contributed by atoms with E-state index in [2.05, 4.69) is 33.8 Å². The summed E-state index contributed by atoms with van der Waals surface area (Å²) in [5.41, 5.74) is 1.40. The van der Waals surface area contributed by atoms with Gasteiger partial charge in [-0.1, -0.05) is 40.2 Å². The van der Waals surface area contributed by atoms with Crippen LogP contribution in [0.3, 0.4) is 0 Å². The van der Waals surface area contributed by atoms with Gasteiger partial charge in [-0.3, -0.25) is 4.79 Å². The van der Waals surface area contributed by atoms with Crippen LogP contribution in [0.1, 0.15) is 66.2 Å². The third-order valence-corrected chi connectivity index (χ3v) is 7.77. The summed E-state index contributed by atoms with van der Waals surface area (Å²) in [7, 11) is 0. The Morgan fingerprint density at radius 3 is 2.36 bits per heavy atom. The Morgan fingerprint density at radius 1 is 1.00 bits per heavy atom. The van der Waals surface area contributed by atoms with Gasteiger partial charge in [0.1, 0.15) is 12.6 Å². The summed E-state index contributed by atoms with van der Waals surface area (Å²) in [6.07, 6.45) is 11.2. The van der Waals surface area contributed by atoms with Gasteiger partial charge in [-0.2, -0.15) is 0 Å². The summed E-state index contributed by atoms with van der Waals surface area (Å²) >= 11 is 0. The van der Waals surface area contributed by atoms with Gasteiger partial charge in [0.05, 0.1) is 0 Å². The fraction of sp³-hybridized carbons (Fsp3) is 0.800. The monoisotopic (exact) mass is 302 g/mol. The molecule has 122 valence electrons. The van der Waals surface area contributed by atoms with E-state index < -0.39 is 0 Å². The van der Waals surface area contributed by atoms with E-state index in [0.29, 0.717) is 16.7 Å². The lowest BCUT2D eigenvalue weighted by Gasteiger charge is -2.64. The second-order valence-corrected chi connectivity index (χ2v) is 9.17. The Labute approximate surface area is 134 Å². The predicted octanol–water partition coefficient (Wildman–Crippen LogP) is 4.58. The molecule has 0 N–H and O–H groups in total. The van der Waals surface area contributed by atoms with Crippen LogP contribution in [0.25, 0.3) is 0 Å².